The molecule has 2 unspecified atom stereocenters. The van der Waals surface area contributed by atoms with E-state index in [2.05, 4.69) is 67.8 Å². The van der Waals surface area contributed by atoms with Gasteiger partial charge in [-0.2, -0.15) is 0 Å². The van der Waals surface area contributed by atoms with Gasteiger partial charge in [0.05, 0.1) is 25.4 Å². The fourth-order valence-corrected chi connectivity index (χ4v) is 10.2. The van der Waals surface area contributed by atoms with E-state index in [-0.39, 0.29) is 18.5 Å². The SMILES string of the molecule is CCC/C=C\C/C=C\CCCCCCCC(=O)OCCCCCCCCCCC/C=C\C/C=C\CCCCCCCCCCCCCCCC(=O)NC(CO)C(O)CCCCCCCCCCCCCCCCCC. The topological polar surface area (TPSA) is 95.9 Å². The third-order valence-electron chi connectivity index (χ3n) is 15.3. The number of unbranched alkanes of at least 4 members (excludes halogenated alkanes) is 43. The minimum atomic E-state index is -0.666. The van der Waals surface area contributed by atoms with E-state index in [0.717, 1.165) is 57.8 Å². The zero-order valence-corrected chi connectivity index (χ0v) is 50.3. The van der Waals surface area contributed by atoms with Crippen LogP contribution in [0, 0.1) is 0 Å². The first kappa shape index (κ1) is 72.8. The van der Waals surface area contributed by atoms with Crippen molar-refractivity contribution in [3.05, 3.63) is 48.6 Å². The molecule has 440 valence electrons. The van der Waals surface area contributed by atoms with E-state index < -0.39 is 12.1 Å². The monoisotopic (exact) mass is 1050 g/mol. The second-order valence-corrected chi connectivity index (χ2v) is 22.8. The van der Waals surface area contributed by atoms with Crippen LogP contribution >= 0.6 is 0 Å². The van der Waals surface area contributed by atoms with Crippen LogP contribution in [0.2, 0.25) is 0 Å². The molecule has 0 radical (unpaired) electrons. The zero-order chi connectivity index (χ0) is 54.3. The highest BCUT2D eigenvalue weighted by Gasteiger charge is 2.20. The normalized spacial score (nSPS) is 12.9. The lowest BCUT2D eigenvalue weighted by Gasteiger charge is -2.22. The molecule has 0 aliphatic carbocycles. The fraction of sp³-hybridized carbons (Fsp3) is 0.855. The summed E-state index contributed by atoms with van der Waals surface area (Å²) in [6.45, 7) is 4.90. The lowest BCUT2D eigenvalue weighted by molar-refractivity contribution is -0.143. The van der Waals surface area contributed by atoms with Crippen molar-refractivity contribution in [2.45, 2.75) is 366 Å². The predicted molar refractivity (Wildman–Crippen MR) is 329 cm³/mol. The quantitative estimate of drug-likeness (QED) is 0.0320. The van der Waals surface area contributed by atoms with E-state index >= 15 is 0 Å². The molecule has 2 atom stereocenters. The lowest BCUT2D eigenvalue weighted by Crippen LogP contribution is -2.45. The first-order chi connectivity index (χ1) is 37.0. The Morgan fingerprint density at radius 1 is 0.373 bits per heavy atom. The van der Waals surface area contributed by atoms with Crippen molar-refractivity contribution in [2.75, 3.05) is 13.2 Å². The van der Waals surface area contributed by atoms with Crippen LogP contribution in [0.25, 0.3) is 0 Å². The summed E-state index contributed by atoms with van der Waals surface area (Å²) < 4.78 is 5.47. The fourth-order valence-electron chi connectivity index (χ4n) is 10.2. The second kappa shape index (κ2) is 64.3. The molecule has 3 N–H and O–H groups in total. The molecule has 0 bridgehead atoms. The third kappa shape index (κ3) is 60.9. The van der Waals surface area contributed by atoms with E-state index in [1.807, 2.05) is 0 Å². The third-order valence-corrected chi connectivity index (χ3v) is 15.3. The van der Waals surface area contributed by atoms with Gasteiger partial charge in [-0.3, -0.25) is 9.59 Å². The Hall–Kier alpha value is -2.18. The van der Waals surface area contributed by atoms with Crippen molar-refractivity contribution in [1.29, 1.82) is 0 Å². The largest absolute Gasteiger partial charge is 0.466 e. The number of aliphatic hydroxyl groups excluding tert-OH is 2. The van der Waals surface area contributed by atoms with Gasteiger partial charge in [-0.05, 0) is 83.5 Å². The smallest absolute Gasteiger partial charge is 0.305 e. The average Bonchev–Trinajstić information content (AvgIpc) is 3.41. The molecule has 0 heterocycles. The molecule has 75 heavy (non-hydrogen) atoms. The van der Waals surface area contributed by atoms with Gasteiger partial charge in [0.1, 0.15) is 0 Å². The van der Waals surface area contributed by atoms with E-state index in [1.54, 1.807) is 0 Å². The Bertz CT molecular complexity index is 1260. The van der Waals surface area contributed by atoms with Crippen LogP contribution < -0.4 is 5.32 Å². The molecule has 0 aromatic heterocycles. The van der Waals surface area contributed by atoms with Crippen LogP contribution in [-0.2, 0) is 14.3 Å². The maximum absolute atomic E-state index is 12.5. The Kier molecular flexibility index (Phi) is 62.5. The first-order valence-corrected chi connectivity index (χ1v) is 33.4. The highest BCUT2D eigenvalue weighted by Crippen LogP contribution is 2.18. The molecule has 6 nitrogen and oxygen atoms in total. The minimum absolute atomic E-state index is 0.00350. The van der Waals surface area contributed by atoms with E-state index in [9.17, 15) is 19.8 Å². The number of ether oxygens (including phenoxy) is 1. The van der Waals surface area contributed by atoms with Gasteiger partial charge in [-0.15, -0.1) is 0 Å². The number of esters is 1. The highest BCUT2D eigenvalue weighted by atomic mass is 16.5. The molecule has 0 spiro atoms. The minimum Gasteiger partial charge on any atom is -0.466 e. The molecule has 0 fully saturated rings. The standard InChI is InChI=1S/C69H129NO5/c1-3-5-7-9-11-13-15-17-18-34-38-41-45-49-53-57-61-67(72)66(65-71)70-68(73)62-58-54-50-46-42-39-35-32-30-28-26-24-22-20-19-21-23-25-27-29-31-33-36-40-44-48-52-56-60-64-75-69(74)63-59-55-51-47-43-37-16-14-12-10-8-6-4-2/h8,10,14,16,19,21,25,27,66-67,71-72H,3-7,9,11-13,15,17-18,20,22-24,26,28-65H2,1-2H3,(H,70,73)/b10-8-,16-14-,21-19-,27-25-. The molecule has 0 saturated heterocycles. The molecule has 0 aliphatic heterocycles. The van der Waals surface area contributed by atoms with Crippen molar-refractivity contribution in [2.24, 2.45) is 0 Å². The average molecular weight is 1050 g/mol. The van der Waals surface area contributed by atoms with Crippen LogP contribution in [0.5, 0.6) is 0 Å². The number of hydrogen-bond acceptors (Lipinski definition) is 5. The predicted octanol–water partition coefficient (Wildman–Crippen LogP) is 21.3. The Labute approximate surface area is 467 Å². The number of hydrogen-bond donors (Lipinski definition) is 3. The summed E-state index contributed by atoms with van der Waals surface area (Å²) in [6.07, 6.45) is 82.9. The molecule has 0 aliphatic rings. The number of allylic oxidation sites excluding steroid dienone is 8. The van der Waals surface area contributed by atoms with E-state index in [4.69, 9.17) is 4.74 Å². The summed E-state index contributed by atoms with van der Waals surface area (Å²) in [5.74, 6) is -0.0375. The van der Waals surface area contributed by atoms with Gasteiger partial charge in [0.15, 0.2) is 0 Å². The summed E-state index contributed by atoms with van der Waals surface area (Å²) in [7, 11) is 0. The summed E-state index contributed by atoms with van der Waals surface area (Å²) >= 11 is 0. The van der Waals surface area contributed by atoms with Gasteiger partial charge in [0.2, 0.25) is 5.91 Å². The van der Waals surface area contributed by atoms with Crippen molar-refractivity contribution in [3.63, 3.8) is 0 Å². The molecule has 6 heteroatoms. The molecule has 1 amide bonds. The maximum atomic E-state index is 12.5. The number of rotatable bonds is 62. The zero-order valence-electron chi connectivity index (χ0n) is 50.3. The molecule has 0 rings (SSSR count). The molecule has 0 aromatic rings. The highest BCUT2D eigenvalue weighted by molar-refractivity contribution is 5.76. The van der Waals surface area contributed by atoms with E-state index in [1.165, 1.54) is 263 Å². The Morgan fingerprint density at radius 2 is 0.693 bits per heavy atom. The van der Waals surface area contributed by atoms with Gasteiger partial charge in [0.25, 0.3) is 0 Å². The van der Waals surface area contributed by atoms with Crippen molar-refractivity contribution in [3.8, 4) is 0 Å². The van der Waals surface area contributed by atoms with Crippen molar-refractivity contribution < 1.29 is 24.5 Å². The van der Waals surface area contributed by atoms with Crippen LogP contribution in [-0.4, -0.2) is 47.4 Å². The molecule has 0 aromatic carbocycles. The summed E-state index contributed by atoms with van der Waals surface area (Å²) in [6, 6.07) is -0.543. The molecular formula is C69H129NO5. The summed E-state index contributed by atoms with van der Waals surface area (Å²) in [5, 5.41) is 23.3. The number of carbonyl (C=O) groups is 2. The van der Waals surface area contributed by atoms with Crippen molar-refractivity contribution in [1.82, 2.24) is 5.32 Å². The maximum Gasteiger partial charge on any atom is 0.305 e. The van der Waals surface area contributed by atoms with Crippen LogP contribution in [0.1, 0.15) is 354 Å². The Balaban J connectivity index is 3.41. The summed E-state index contributed by atoms with van der Waals surface area (Å²) in [5.41, 5.74) is 0. The number of nitrogens with one attached hydrogen (secondary N) is 1. The van der Waals surface area contributed by atoms with E-state index in [0.29, 0.717) is 25.9 Å². The van der Waals surface area contributed by atoms with Gasteiger partial charge in [-0.1, -0.05) is 306 Å². The van der Waals surface area contributed by atoms with Gasteiger partial charge < -0.3 is 20.3 Å². The lowest BCUT2D eigenvalue weighted by atomic mass is 10.0. The van der Waals surface area contributed by atoms with Crippen LogP contribution in [0.4, 0.5) is 0 Å². The van der Waals surface area contributed by atoms with Crippen LogP contribution in [0.3, 0.4) is 0 Å². The Morgan fingerprint density at radius 3 is 1.07 bits per heavy atom. The molecule has 0 saturated carbocycles. The van der Waals surface area contributed by atoms with Gasteiger partial charge in [-0.25, -0.2) is 0 Å². The second-order valence-electron chi connectivity index (χ2n) is 22.8. The van der Waals surface area contributed by atoms with Crippen molar-refractivity contribution >= 4 is 11.9 Å². The number of carbonyl (C=O) groups excluding carboxylic acids is 2. The van der Waals surface area contributed by atoms with Crippen LogP contribution in [0.15, 0.2) is 48.6 Å². The first-order valence-electron chi connectivity index (χ1n) is 33.4. The molecular weight excluding hydrogens is 923 g/mol. The number of aliphatic hydroxyl groups is 2. The number of amides is 1. The van der Waals surface area contributed by atoms with Gasteiger partial charge in [0, 0.05) is 12.8 Å². The summed E-state index contributed by atoms with van der Waals surface area (Å²) in [4.78, 5) is 24.5. The van der Waals surface area contributed by atoms with Gasteiger partial charge >= 0.3 is 5.97 Å².